The van der Waals surface area contributed by atoms with Crippen LogP contribution in [0.4, 0.5) is 0 Å². The monoisotopic (exact) mass is 249 g/mol. The third kappa shape index (κ3) is 3.97. The van der Waals surface area contributed by atoms with Crippen molar-refractivity contribution in [3.05, 3.63) is 30.1 Å². The van der Waals surface area contributed by atoms with Crippen LogP contribution in [-0.2, 0) is 6.54 Å². The van der Waals surface area contributed by atoms with Gasteiger partial charge in [0.1, 0.15) is 0 Å². The van der Waals surface area contributed by atoms with E-state index in [4.69, 9.17) is 12.2 Å². The molecule has 3 nitrogen and oxygen atoms in total. The molecule has 1 saturated heterocycles. The molecule has 4 heteroatoms. The van der Waals surface area contributed by atoms with E-state index < -0.39 is 0 Å². The average molecular weight is 249 g/mol. The number of pyridine rings is 1. The summed E-state index contributed by atoms with van der Waals surface area (Å²) >= 11 is 5.43. The van der Waals surface area contributed by atoms with Gasteiger partial charge in [-0.15, -0.1) is 0 Å². The summed E-state index contributed by atoms with van der Waals surface area (Å²) in [6.07, 6.45) is 8.85. The molecular weight excluding hydrogens is 230 g/mol. The van der Waals surface area contributed by atoms with Gasteiger partial charge in [-0.05, 0) is 36.7 Å². The Labute approximate surface area is 108 Å². The molecule has 0 radical (unpaired) electrons. The van der Waals surface area contributed by atoms with Crippen molar-refractivity contribution in [2.24, 2.45) is 0 Å². The zero-order chi connectivity index (χ0) is 11.9. The third-order valence-electron chi connectivity index (χ3n) is 3.06. The van der Waals surface area contributed by atoms with E-state index in [1.165, 1.54) is 31.2 Å². The van der Waals surface area contributed by atoms with Gasteiger partial charge in [0, 0.05) is 32.0 Å². The van der Waals surface area contributed by atoms with Gasteiger partial charge in [0.2, 0.25) is 0 Å². The van der Waals surface area contributed by atoms with E-state index in [2.05, 4.69) is 21.3 Å². The molecular formula is C13H19N3S. The fourth-order valence-corrected chi connectivity index (χ4v) is 2.32. The lowest BCUT2D eigenvalue weighted by Crippen LogP contribution is -2.39. The number of aromatic nitrogens is 1. The lowest BCUT2D eigenvalue weighted by Gasteiger charge is -2.23. The molecule has 1 aromatic rings. The van der Waals surface area contributed by atoms with Gasteiger partial charge >= 0.3 is 0 Å². The summed E-state index contributed by atoms with van der Waals surface area (Å²) in [6, 6.07) is 4.01. The Morgan fingerprint density at radius 3 is 2.71 bits per heavy atom. The Kier molecular flexibility index (Phi) is 4.74. The van der Waals surface area contributed by atoms with Gasteiger partial charge in [0.25, 0.3) is 0 Å². The van der Waals surface area contributed by atoms with Crippen LogP contribution in [0, 0.1) is 0 Å². The largest absolute Gasteiger partial charge is 0.358 e. The van der Waals surface area contributed by atoms with Gasteiger partial charge in [-0.2, -0.15) is 0 Å². The lowest BCUT2D eigenvalue weighted by atomic mass is 10.2. The van der Waals surface area contributed by atoms with Gasteiger partial charge in [-0.1, -0.05) is 18.9 Å². The highest BCUT2D eigenvalue weighted by atomic mass is 32.1. The van der Waals surface area contributed by atoms with Crippen LogP contribution in [0.15, 0.2) is 24.5 Å². The summed E-state index contributed by atoms with van der Waals surface area (Å²) in [5.41, 5.74) is 1.17. The minimum absolute atomic E-state index is 0.767. The summed E-state index contributed by atoms with van der Waals surface area (Å²) in [6.45, 7) is 2.96. The normalized spacial score (nSPS) is 16.4. The maximum absolute atomic E-state index is 5.43. The molecule has 0 atom stereocenters. The molecule has 0 bridgehead atoms. The van der Waals surface area contributed by atoms with Crippen LogP contribution in [0.25, 0.3) is 0 Å². The minimum Gasteiger partial charge on any atom is -0.358 e. The summed E-state index contributed by atoms with van der Waals surface area (Å²) in [5, 5.41) is 4.20. The highest BCUT2D eigenvalue weighted by molar-refractivity contribution is 7.80. The fraction of sp³-hybridized carbons (Fsp3) is 0.538. The number of thiocarbonyl (C=S) groups is 1. The van der Waals surface area contributed by atoms with E-state index >= 15 is 0 Å². The first-order chi connectivity index (χ1) is 8.36. The highest BCUT2D eigenvalue weighted by Crippen LogP contribution is 2.09. The molecule has 2 heterocycles. The van der Waals surface area contributed by atoms with Crippen LogP contribution in [0.3, 0.4) is 0 Å². The maximum Gasteiger partial charge on any atom is 0.169 e. The molecule has 1 aliphatic rings. The van der Waals surface area contributed by atoms with Crippen LogP contribution in [0.2, 0.25) is 0 Å². The van der Waals surface area contributed by atoms with Crippen LogP contribution in [0.5, 0.6) is 0 Å². The maximum atomic E-state index is 5.43. The van der Waals surface area contributed by atoms with E-state index in [0.717, 1.165) is 24.7 Å². The molecule has 0 unspecified atom stereocenters. The lowest BCUT2D eigenvalue weighted by molar-refractivity contribution is 0.427. The van der Waals surface area contributed by atoms with E-state index in [1.54, 1.807) is 6.20 Å². The van der Waals surface area contributed by atoms with Crippen molar-refractivity contribution in [3.8, 4) is 0 Å². The first-order valence-corrected chi connectivity index (χ1v) is 6.69. The van der Waals surface area contributed by atoms with Crippen molar-refractivity contribution in [3.63, 3.8) is 0 Å². The number of likely N-dealkylation sites (tertiary alicyclic amines) is 1. The van der Waals surface area contributed by atoms with E-state index in [-0.39, 0.29) is 0 Å². The summed E-state index contributed by atoms with van der Waals surface area (Å²) in [5.74, 6) is 0. The van der Waals surface area contributed by atoms with Crippen LogP contribution < -0.4 is 5.32 Å². The zero-order valence-electron chi connectivity index (χ0n) is 10.1. The number of nitrogens with one attached hydrogen (secondary N) is 1. The molecule has 0 saturated carbocycles. The molecule has 0 spiro atoms. The second kappa shape index (κ2) is 6.55. The standard InChI is InChI=1S/C13H19N3S/c17-13(16-8-3-1-2-4-9-16)15-11-12-6-5-7-14-10-12/h5-7,10H,1-4,8-9,11H2,(H,15,17). The molecule has 0 aliphatic carbocycles. The molecule has 0 amide bonds. The Morgan fingerprint density at radius 1 is 1.29 bits per heavy atom. The summed E-state index contributed by atoms with van der Waals surface area (Å²) in [4.78, 5) is 6.38. The predicted octanol–water partition coefficient (Wildman–Crippen LogP) is 2.33. The molecule has 1 aliphatic heterocycles. The Balaban J connectivity index is 1.80. The van der Waals surface area contributed by atoms with Gasteiger partial charge < -0.3 is 10.2 Å². The number of rotatable bonds is 2. The Hall–Kier alpha value is -1.16. The second-order valence-electron chi connectivity index (χ2n) is 4.42. The van der Waals surface area contributed by atoms with Crippen molar-refractivity contribution < 1.29 is 0 Å². The van der Waals surface area contributed by atoms with Crippen LogP contribution in [0.1, 0.15) is 31.2 Å². The van der Waals surface area contributed by atoms with Gasteiger partial charge in [-0.3, -0.25) is 4.98 Å². The van der Waals surface area contributed by atoms with Gasteiger partial charge in [-0.25, -0.2) is 0 Å². The van der Waals surface area contributed by atoms with E-state index in [0.29, 0.717) is 0 Å². The Bertz CT molecular complexity index is 345. The average Bonchev–Trinajstić information content (AvgIpc) is 2.66. The Morgan fingerprint density at radius 2 is 2.06 bits per heavy atom. The predicted molar refractivity (Wildman–Crippen MR) is 73.7 cm³/mol. The van der Waals surface area contributed by atoms with Crippen molar-refractivity contribution >= 4 is 17.3 Å². The quantitative estimate of drug-likeness (QED) is 0.814. The smallest absolute Gasteiger partial charge is 0.169 e. The van der Waals surface area contributed by atoms with Gasteiger partial charge in [0.05, 0.1) is 0 Å². The molecule has 2 rings (SSSR count). The second-order valence-corrected chi connectivity index (χ2v) is 4.81. The first kappa shape index (κ1) is 12.3. The van der Waals surface area contributed by atoms with E-state index in [9.17, 15) is 0 Å². The zero-order valence-corrected chi connectivity index (χ0v) is 10.9. The number of hydrogen-bond donors (Lipinski definition) is 1. The number of nitrogens with zero attached hydrogens (tertiary/aromatic N) is 2. The van der Waals surface area contributed by atoms with Crippen molar-refractivity contribution in [1.82, 2.24) is 15.2 Å². The van der Waals surface area contributed by atoms with Crippen molar-refractivity contribution in [2.45, 2.75) is 32.2 Å². The highest BCUT2D eigenvalue weighted by Gasteiger charge is 2.11. The molecule has 1 N–H and O–H groups in total. The fourth-order valence-electron chi connectivity index (χ4n) is 2.07. The van der Waals surface area contributed by atoms with Gasteiger partial charge in [0.15, 0.2) is 5.11 Å². The van der Waals surface area contributed by atoms with Crippen molar-refractivity contribution in [2.75, 3.05) is 13.1 Å². The molecule has 92 valence electrons. The SMILES string of the molecule is S=C(NCc1cccnc1)N1CCCCCC1. The first-order valence-electron chi connectivity index (χ1n) is 6.28. The molecule has 17 heavy (non-hydrogen) atoms. The van der Waals surface area contributed by atoms with Crippen LogP contribution >= 0.6 is 12.2 Å². The topological polar surface area (TPSA) is 28.2 Å². The third-order valence-corrected chi connectivity index (χ3v) is 3.46. The van der Waals surface area contributed by atoms with Crippen molar-refractivity contribution in [1.29, 1.82) is 0 Å². The molecule has 1 fully saturated rings. The van der Waals surface area contributed by atoms with E-state index in [1.807, 2.05) is 12.3 Å². The summed E-state index contributed by atoms with van der Waals surface area (Å²) < 4.78 is 0. The molecule has 1 aromatic heterocycles. The minimum atomic E-state index is 0.767. The molecule has 0 aromatic carbocycles. The number of hydrogen-bond acceptors (Lipinski definition) is 2. The van der Waals surface area contributed by atoms with Crippen LogP contribution in [-0.4, -0.2) is 28.1 Å². The summed E-state index contributed by atoms with van der Waals surface area (Å²) in [7, 11) is 0.